The van der Waals surface area contributed by atoms with Crippen LogP contribution in [0.25, 0.3) is 0 Å². The van der Waals surface area contributed by atoms with E-state index in [0.29, 0.717) is 5.92 Å². The maximum absolute atomic E-state index is 5.38. The van der Waals surface area contributed by atoms with Gasteiger partial charge in [-0.2, -0.15) is 0 Å². The van der Waals surface area contributed by atoms with Crippen LogP contribution in [0.2, 0.25) is 0 Å². The molecule has 0 radical (unpaired) electrons. The molecule has 0 bridgehead atoms. The smallest absolute Gasteiger partial charge is 0.00746 e. The second kappa shape index (κ2) is 4.57. The Morgan fingerprint density at radius 1 is 1.67 bits per heavy atom. The van der Waals surface area contributed by atoms with Crippen LogP contribution in [0, 0.1) is 5.92 Å². The molecule has 1 nitrogen and oxygen atoms in total. The minimum atomic E-state index is 0.715. The van der Waals surface area contributed by atoms with Gasteiger partial charge < -0.3 is 5.73 Å². The monoisotopic (exact) mass is 127 g/mol. The highest BCUT2D eigenvalue weighted by molar-refractivity contribution is 4.89. The summed E-state index contributed by atoms with van der Waals surface area (Å²) in [6.45, 7) is 8.91. The summed E-state index contributed by atoms with van der Waals surface area (Å²) in [4.78, 5) is 0. The first kappa shape index (κ1) is 8.70. The van der Waals surface area contributed by atoms with Crippen LogP contribution in [-0.2, 0) is 0 Å². The molecule has 0 aliphatic carbocycles. The van der Waals surface area contributed by atoms with Crippen LogP contribution in [0.1, 0.15) is 26.7 Å². The van der Waals surface area contributed by atoms with Gasteiger partial charge in [0.25, 0.3) is 0 Å². The molecule has 0 aliphatic heterocycles. The zero-order valence-electron chi connectivity index (χ0n) is 6.48. The van der Waals surface area contributed by atoms with Gasteiger partial charge in [-0.05, 0) is 32.2 Å². The van der Waals surface area contributed by atoms with E-state index >= 15 is 0 Å². The molecule has 0 aromatic rings. The van der Waals surface area contributed by atoms with Crippen LogP contribution in [-0.4, -0.2) is 6.54 Å². The molecule has 1 unspecified atom stereocenters. The number of hydrogen-bond acceptors (Lipinski definition) is 1. The van der Waals surface area contributed by atoms with E-state index in [1.54, 1.807) is 0 Å². The first-order valence-corrected chi connectivity index (χ1v) is 3.51. The quantitative estimate of drug-likeness (QED) is 0.574. The van der Waals surface area contributed by atoms with Crippen molar-refractivity contribution in [3.8, 4) is 0 Å². The van der Waals surface area contributed by atoms with Crippen molar-refractivity contribution < 1.29 is 0 Å². The van der Waals surface area contributed by atoms with Gasteiger partial charge in [0.2, 0.25) is 0 Å². The molecule has 54 valence electrons. The standard InChI is InChI=1S/C8H17N/c1-7(2)6-8(3)4-5-9/h8H,1,4-6,9H2,2-3H3. The molecule has 0 saturated heterocycles. The molecule has 1 heteroatoms. The summed E-state index contributed by atoms with van der Waals surface area (Å²) in [5.74, 6) is 0.715. The summed E-state index contributed by atoms with van der Waals surface area (Å²) < 4.78 is 0. The summed E-state index contributed by atoms with van der Waals surface area (Å²) in [6.07, 6.45) is 2.24. The molecule has 9 heavy (non-hydrogen) atoms. The number of allylic oxidation sites excluding steroid dienone is 1. The van der Waals surface area contributed by atoms with E-state index in [1.165, 1.54) is 5.57 Å². The van der Waals surface area contributed by atoms with Crippen LogP contribution in [0.4, 0.5) is 0 Å². The van der Waals surface area contributed by atoms with Crippen LogP contribution in [0.15, 0.2) is 12.2 Å². The van der Waals surface area contributed by atoms with Crippen molar-refractivity contribution in [1.82, 2.24) is 0 Å². The second-order valence-corrected chi connectivity index (χ2v) is 2.84. The van der Waals surface area contributed by atoms with E-state index in [0.717, 1.165) is 19.4 Å². The average Bonchev–Trinajstić information content (AvgIpc) is 1.63. The fourth-order valence-electron chi connectivity index (χ4n) is 0.981. The highest BCUT2D eigenvalue weighted by atomic mass is 14.5. The first-order chi connectivity index (χ1) is 4.16. The lowest BCUT2D eigenvalue weighted by atomic mass is 10.0. The average molecular weight is 127 g/mol. The molecule has 0 rings (SSSR count). The van der Waals surface area contributed by atoms with Crippen LogP contribution in [0.3, 0.4) is 0 Å². The van der Waals surface area contributed by atoms with Crippen LogP contribution in [0.5, 0.6) is 0 Å². The fraction of sp³-hybridized carbons (Fsp3) is 0.750. The zero-order chi connectivity index (χ0) is 7.28. The van der Waals surface area contributed by atoms with Gasteiger partial charge in [0.15, 0.2) is 0 Å². The summed E-state index contributed by atoms with van der Waals surface area (Å²) in [5.41, 5.74) is 6.64. The summed E-state index contributed by atoms with van der Waals surface area (Å²) in [5, 5.41) is 0. The van der Waals surface area contributed by atoms with Crippen molar-refractivity contribution in [2.24, 2.45) is 11.7 Å². The maximum atomic E-state index is 5.38. The fourth-order valence-corrected chi connectivity index (χ4v) is 0.981. The molecule has 0 spiro atoms. The van der Waals surface area contributed by atoms with Crippen LogP contribution >= 0.6 is 0 Å². The molecule has 0 heterocycles. The Labute approximate surface area is 57.9 Å². The number of hydrogen-bond donors (Lipinski definition) is 1. The Balaban J connectivity index is 3.26. The van der Waals surface area contributed by atoms with Crippen molar-refractivity contribution in [2.45, 2.75) is 26.7 Å². The van der Waals surface area contributed by atoms with E-state index in [2.05, 4.69) is 20.4 Å². The molecule has 0 saturated carbocycles. The summed E-state index contributed by atoms with van der Waals surface area (Å²) >= 11 is 0. The van der Waals surface area contributed by atoms with Gasteiger partial charge in [-0.25, -0.2) is 0 Å². The molecule has 0 aromatic heterocycles. The Kier molecular flexibility index (Phi) is 4.41. The normalized spacial score (nSPS) is 13.2. The van der Waals surface area contributed by atoms with Gasteiger partial charge >= 0.3 is 0 Å². The predicted molar refractivity (Wildman–Crippen MR) is 42.3 cm³/mol. The van der Waals surface area contributed by atoms with Crippen molar-refractivity contribution in [3.05, 3.63) is 12.2 Å². The topological polar surface area (TPSA) is 26.0 Å². The predicted octanol–water partition coefficient (Wildman–Crippen LogP) is 1.94. The van der Waals surface area contributed by atoms with Gasteiger partial charge in [-0.3, -0.25) is 0 Å². The van der Waals surface area contributed by atoms with E-state index < -0.39 is 0 Å². The largest absolute Gasteiger partial charge is 0.330 e. The Morgan fingerprint density at radius 3 is 2.56 bits per heavy atom. The molecular formula is C8H17N. The molecule has 1 atom stereocenters. The van der Waals surface area contributed by atoms with Gasteiger partial charge in [-0.1, -0.05) is 12.5 Å². The Hall–Kier alpha value is -0.300. The molecule has 2 N–H and O–H groups in total. The molecule has 0 amide bonds. The third kappa shape index (κ3) is 5.57. The molecule has 0 aliphatic rings. The molecular weight excluding hydrogens is 110 g/mol. The second-order valence-electron chi connectivity index (χ2n) is 2.84. The maximum Gasteiger partial charge on any atom is -0.00746 e. The number of nitrogens with two attached hydrogens (primary N) is 1. The lowest BCUT2D eigenvalue weighted by Gasteiger charge is -2.07. The lowest BCUT2D eigenvalue weighted by molar-refractivity contribution is 0.537. The van der Waals surface area contributed by atoms with Crippen molar-refractivity contribution in [2.75, 3.05) is 6.54 Å². The van der Waals surface area contributed by atoms with Gasteiger partial charge in [0, 0.05) is 0 Å². The van der Waals surface area contributed by atoms with E-state index in [4.69, 9.17) is 5.73 Å². The summed E-state index contributed by atoms with van der Waals surface area (Å²) in [6, 6.07) is 0. The zero-order valence-corrected chi connectivity index (χ0v) is 6.48. The number of rotatable bonds is 4. The lowest BCUT2D eigenvalue weighted by Crippen LogP contribution is -2.05. The van der Waals surface area contributed by atoms with Crippen molar-refractivity contribution in [3.63, 3.8) is 0 Å². The van der Waals surface area contributed by atoms with Gasteiger partial charge in [0.05, 0.1) is 0 Å². The van der Waals surface area contributed by atoms with Crippen LogP contribution < -0.4 is 5.73 Å². The van der Waals surface area contributed by atoms with Crippen molar-refractivity contribution in [1.29, 1.82) is 0 Å². The SMILES string of the molecule is C=C(C)CC(C)CCN. The van der Waals surface area contributed by atoms with Gasteiger partial charge in [-0.15, -0.1) is 6.58 Å². The molecule has 0 fully saturated rings. The third-order valence-electron chi connectivity index (χ3n) is 1.36. The third-order valence-corrected chi connectivity index (χ3v) is 1.36. The molecule has 0 aromatic carbocycles. The van der Waals surface area contributed by atoms with E-state index in [9.17, 15) is 0 Å². The Bertz CT molecular complexity index is 86.6. The minimum absolute atomic E-state index is 0.715. The highest BCUT2D eigenvalue weighted by Gasteiger charge is 1.98. The van der Waals surface area contributed by atoms with Gasteiger partial charge in [0.1, 0.15) is 0 Å². The van der Waals surface area contributed by atoms with E-state index in [-0.39, 0.29) is 0 Å². The van der Waals surface area contributed by atoms with Crippen molar-refractivity contribution >= 4 is 0 Å². The highest BCUT2D eigenvalue weighted by Crippen LogP contribution is 2.11. The first-order valence-electron chi connectivity index (χ1n) is 3.51. The Morgan fingerprint density at radius 2 is 2.22 bits per heavy atom. The van der Waals surface area contributed by atoms with E-state index in [1.807, 2.05) is 0 Å². The minimum Gasteiger partial charge on any atom is -0.330 e. The summed E-state index contributed by atoms with van der Waals surface area (Å²) in [7, 11) is 0.